The van der Waals surface area contributed by atoms with E-state index in [-0.39, 0.29) is 17.7 Å². The van der Waals surface area contributed by atoms with E-state index in [0.29, 0.717) is 45.1 Å². The lowest BCUT2D eigenvalue weighted by Gasteiger charge is -2.33. The molecular formula is C20H25N5O4. The number of aromatic nitrogens is 2. The highest BCUT2D eigenvalue weighted by Gasteiger charge is 2.26. The van der Waals surface area contributed by atoms with Crippen molar-refractivity contribution in [3.05, 3.63) is 47.7 Å². The first kappa shape index (κ1) is 20.4. The monoisotopic (exact) mass is 399 g/mol. The molecule has 1 saturated heterocycles. The van der Waals surface area contributed by atoms with E-state index in [1.807, 2.05) is 24.3 Å². The second kappa shape index (κ2) is 9.72. The summed E-state index contributed by atoms with van der Waals surface area (Å²) in [6.07, 6.45) is -0.341. The van der Waals surface area contributed by atoms with Crippen LogP contribution in [0.25, 0.3) is 0 Å². The number of methoxy groups -OCH3 is 1. The smallest absolute Gasteiger partial charge is 0.409 e. The van der Waals surface area contributed by atoms with E-state index in [1.54, 1.807) is 36.0 Å². The van der Waals surface area contributed by atoms with E-state index < -0.39 is 0 Å². The molecule has 0 saturated carbocycles. The van der Waals surface area contributed by atoms with Crippen molar-refractivity contribution in [2.45, 2.75) is 13.5 Å². The summed E-state index contributed by atoms with van der Waals surface area (Å²) in [5, 5.41) is 11.3. The summed E-state index contributed by atoms with van der Waals surface area (Å²) >= 11 is 0. The molecule has 1 aliphatic rings. The molecule has 1 fully saturated rings. The van der Waals surface area contributed by atoms with Crippen LogP contribution in [0.4, 0.5) is 10.6 Å². The van der Waals surface area contributed by atoms with E-state index in [0.717, 1.165) is 11.3 Å². The number of hydrogen-bond donors (Lipinski definition) is 1. The molecule has 154 valence electrons. The molecule has 9 nitrogen and oxygen atoms in total. The van der Waals surface area contributed by atoms with Gasteiger partial charge in [0.25, 0.3) is 5.91 Å². The van der Waals surface area contributed by atoms with Gasteiger partial charge < -0.3 is 24.6 Å². The van der Waals surface area contributed by atoms with Gasteiger partial charge in [0, 0.05) is 32.7 Å². The molecule has 9 heteroatoms. The molecule has 0 spiro atoms. The molecule has 1 N–H and O–H groups in total. The summed E-state index contributed by atoms with van der Waals surface area (Å²) in [4.78, 5) is 27.6. The van der Waals surface area contributed by atoms with Crippen molar-refractivity contribution in [3.63, 3.8) is 0 Å². The highest BCUT2D eigenvalue weighted by molar-refractivity contribution is 5.92. The molecule has 0 atom stereocenters. The zero-order chi connectivity index (χ0) is 20.6. The van der Waals surface area contributed by atoms with Crippen LogP contribution in [0.3, 0.4) is 0 Å². The fraction of sp³-hybridized carbons (Fsp3) is 0.400. The molecule has 1 aliphatic heterocycles. The Morgan fingerprint density at radius 2 is 1.69 bits per heavy atom. The van der Waals surface area contributed by atoms with Crippen LogP contribution in [-0.2, 0) is 11.3 Å². The summed E-state index contributed by atoms with van der Waals surface area (Å²) in [5.74, 6) is 1.20. The maximum Gasteiger partial charge on any atom is 0.409 e. The third-order valence-electron chi connectivity index (χ3n) is 4.61. The predicted molar refractivity (Wildman–Crippen MR) is 107 cm³/mol. The Morgan fingerprint density at radius 1 is 1.00 bits per heavy atom. The quantitative estimate of drug-likeness (QED) is 0.794. The molecule has 3 rings (SSSR count). The lowest BCUT2D eigenvalue weighted by molar-refractivity contribution is 0.0565. The Morgan fingerprint density at radius 3 is 2.28 bits per heavy atom. The number of nitrogens with zero attached hydrogens (tertiary/aromatic N) is 4. The Bertz CT molecular complexity index is 818. The first-order valence-corrected chi connectivity index (χ1v) is 9.52. The highest BCUT2D eigenvalue weighted by Crippen LogP contribution is 2.13. The van der Waals surface area contributed by atoms with Crippen LogP contribution >= 0.6 is 0 Å². The number of ether oxygens (including phenoxy) is 2. The number of amides is 2. The fourth-order valence-corrected chi connectivity index (χ4v) is 2.95. The van der Waals surface area contributed by atoms with Gasteiger partial charge >= 0.3 is 6.09 Å². The van der Waals surface area contributed by atoms with E-state index in [9.17, 15) is 9.59 Å². The molecule has 1 aromatic carbocycles. The van der Waals surface area contributed by atoms with Gasteiger partial charge in [-0.1, -0.05) is 12.1 Å². The second-order valence-electron chi connectivity index (χ2n) is 6.48. The molecule has 2 aromatic rings. The maximum atomic E-state index is 12.6. The van der Waals surface area contributed by atoms with Crippen molar-refractivity contribution < 1.29 is 19.1 Å². The lowest BCUT2D eigenvalue weighted by atomic mass is 10.2. The van der Waals surface area contributed by atoms with Crippen LogP contribution in [0.5, 0.6) is 5.75 Å². The third-order valence-corrected chi connectivity index (χ3v) is 4.61. The van der Waals surface area contributed by atoms with Gasteiger partial charge in [-0.15, -0.1) is 10.2 Å². The third kappa shape index (κ3) is 5.34. The number of nitrogens with one attached hydrogen (secondary N) is 1. The van der Waals surface area contributed by atoms with Crippen LogP contribution in [0.2, 0.25) is 0 Å². The summed E-state index contributed by atoms with van der Waals surface area (Å²) in [6, 6.07) is 11.1. The van der Waals surface area contributed by atoms with Crippen molar-refractivity contribution in [2.75, 3.05) is 45.2 Å². The van der Waals surface area contributed by atoms with Gasteiger partial charge in [-0.25, -0.2) is 4.79 Å². The van der Waals surface area contributed by atoms with Gasteiger partial charge in [-0.05, 0) is 36.8 Å². The van der Waals surface area contributed by atoms with E-state index >= 15 is 0 Å². The zero-order valence-electron chi connectivity index (χ0n) is 16.6. The molecular weight excluding hydrogens is 374 g/mol. The first-order chi connectivity index (χ1) is 14.1. The van der Waals surface area contributed by atoms with Gasteiger partial charge in [0.15, 0.2) is 5.69 Å². The Labute approximate surface area is 169 Å². The summed E-state index contributed by atoms with van der Waals surface area (Å²) < 4.78 is 10.1. The minimum absolute atomic E-state index is 0.192. The number of rotatable bonds is 6. The predicted octanol–water partition coefficient (Wildman–Crippen LogP) is 2.01. The number of carbonyl (C=O) groups excluding carboxylic acids is 2. The molecule has 2 amide bonds. The van der Waals surface area contributed by atoms with Crippen LogP contribution < -0.4 is 10.1 Å². The van der Waals surface area contributed by atoms with Crippen LogP contribution in [0.15, 0.2) is 36.4 Å². The highest BCUT2D eigenvalue weighted by atomic mass is 16.6. The number of piperazine rings is 1. The van der Waals surface area contributed by atoms with Crippen molar-refractivity contribution in [1.82, 2.24) is 20.0 Å². The van der Waals surface area contributed by atoms with E-state index in [1.165, 1.54) is 0 Å². The van der Waals surface area contributed by atoms with Crippen molar-refractivity contribution in [1.29, 1.82) is 0 Å². The molecule has 0 radical (unpaired) electrons. The van der Waals surface area contributed by atoms with Gasteiger partial charge in [0.1, 0.15) is 11.6 Å². The molecule has 0 unspecified atom stereocenters. The number of hydrogen-bond acceptors (Lipinski definition) is 7. The lowest BCUT2D eigenvalue weighted by Crippen LogP contribution is -2.50. The number of anilines is 1. The minimum Gasteiger partial charge on any atom is -0.497 e. The first-order valence-electron chi connectivity index (χ1n) is 9.52. The number of carbonyl (C=O) groups is 2. The van der Waals surface area contributed by atoms with E-state index in [2.05, 4.69) is 15.5 Å². The largest absolute Gasteiger partial charge is 0.497 e. The van der Waals surface area contributed by atoms with Gasteiger partial charge in [0.2, 0.25) is 0 Å². The van der Waals surface area contributed by atoms with Crippen LogP contribution in [0, 0.1) is 0 Å². The minimum atomic E-state index is -0.341. The molecule has 2 heterocycles. The fourth-order valence-electron chi connectivity index (χ4n) is 2.95. The Hall–Kier alpha value is -3.36. The average molecular weight is 399 g/mol. The molecule has 0 aliphatic carbocycles. The average Bonchev–Trinajstić information content (AvgIpc) is 2.78. The molecule has 29 heavy (non-hydrogen) atoms. The Kier molecular flexibility index (Phi) is 6.83. The summed E-state index contributed by atoms with van der Waals surface area (Å²) in [5.41, 5.74) is 1.36. The SMILES string of the molecule is CCOC(=O)N1CCN(C(=O)c2ccc(NCc3ccc(OC)cc3)nn2)CC1. The van der Waals surface area contributed by atoms with Gasteiger partial charge in [-0.2, -0.15) is 0 Å². The number of benzene rings is 1. The van der Waals surface area contributed by atoms with Gasteiger partial charge in [0.05, 0.1) is 13.7 Å². The van der Waals surface area contributed by atoms with Crippen LogP contribution in [0.1, 0.15) is 23.0 Å². The summed E-state index contributed by atoms with van der Waals surface area (Å²) in [7, 11) is 1.63. The van der Waals surface area contributed by atoms with E-state index in [4.69, 9.17) is 9.47 Å². The summed E-state index contributed by atoms with van der Waals surface area (Å²) in [6.45, 7) is 4.46. The van der Waals surface area contributed by atoms with Gasteiger partial charge in [-0.3, -0.25) is 4.79 Å². The van der Waals surface area contributed by atoms with Crippen molar-refractivity contribution >= 4 is 17.8 Å². The van der Waals surface area contributed by atoms with Crippen LogP contribution in [-0.4, -0.2) is 71.9 Å². The topological polar surface area (TPSA) is 96.9 Å². The van der Waals surface area contributed by atoms with Crippen molar-refractivity contribution in [2.24, 2.45) is 0 Å². The Balaban J connectivity index is 1.50. The zero-order valence-corrected chi connectivity index (χ0v) is 16.6. The van der Waals surface area contributed by atoms with Crippen molar-refractivity contribution in [3.8, 4) is 5.75 Å². The normalized spacial score (nSPS) is 13.7. The molecule has 1 aromatic heterocycles. The molecule has 0 bridgehead atoms. The standard InChI is InChI=1S/C20H25N5O4/c1-3-29-20(27)25-12-10-24(11-13-25)19(26)17-8-9-18(23-22-17)21-14-15-4-6-16(28-2)7-5-15/h4-9H,3,10-14H2,1-2H3,(H,21,23). The maximum absolute atomic E-state index is 12.6. The second-order valence-corrected chi connectivity index (χ2v) is 6.48.